The van der Waals surface area contributed by atoms with Gasteiger partial charge < -0.3 is 19.9 Å². The fourth-order valence-electron chi connectivity index (χ4n) is 2.50. The summed E-state index contributed by atoms with van der Waals surface area (Å²) in [5.41, 5.74) is 7.78. The molecule has 21 heavy (non-hydrogen) atoms. The van der Waals surface area contributed by atoms with Crippen LogP contribution in [0.4, 0.5) is 0 Å². The first-order valence-corrected chi connectivity index (χ1v) is 6.95. The Hall–Kier alpha value is -1.63. The van der Waals surface area contributed by atoms with Gasteiger partial charge >= 0.3 is 5.97 Å². The maximum absolute atomic E-state index is 11.8. The zero-order chi connectivity index (χ0) is 15.2. The maximum atomic E-state index is 11.8. The third-order valence-corrected chi connectivity index (χ3v) is 3.66. The molecule has 0 aromatic heterocycles. The van der Waals surface area contributed by atoms with Crippen LogP contribution in [0.1, 0.15) is 11.1 Å². The Kier molecular flexibility index (Phi) is 5.55. The number of hydrogen-bond acceptors (Lipinski definition) is 6. The van der Waals surface area contributed by atoms with Gasteiger partial charge in [-0.25, -0.2) is 0 Å². The molecule has 1 unspecified atom stereocenters. The maximum Gasteiger partial charge on any atom is 0.325 e. The number of nitrogens with two attached hydrogens (primary N) is 1. The Bertz CT molecular complexity index is 493. The van der Waals surface area contributed by atoms with E-state index in [4.69, 9.17) is 19.9 Å². The largest absolute Gasteiger partial charge is 0.496 e. The zero-order valence-electron chi connectivity index (χ0n) is 12.5. The van der Waals surface area contributed by atoms with E-state index in [0.29, 0.717) is 32.8 Å². The summed E-state index contributed by atoms with van der Waals surface area (Å²) in [5.74, 6) is 0.523. The van der Waals surface area contributed by atoms with Crippen molar-refractivity contribution in [3.05, 3.63) is 29.3 Å². The lowest BCUT2D eigenvalue weighted by Gasteiger charge is -2.33. The first-order chi connectivity index (χ1) is 10.2. The summed E-state index contributed by atoms with van der Waals surface area (Å²) < 4.78 is 15.5. The third kappa shape index (κ3) is 3.72. The number of methoxy groups -OCH3 is 2. The highest BCUT2D eigenvalue weighted by Crippen LogP contribution is 2.21. The standard InChI is InChI=1S/C15H22N2O4/c1-19-14-4-3-11(7-12(14)8-16)9-17-5-6-21-10-13(17)15(18)20-2/h3-4,7,13H,5-6,8-10,16H2,1-2H3. The highest BCUT2D eigenvalue weighted by atomic mass is 16.5. The highest BCUT2D eigenvalue weighted by Gasteiger charge is 2.30. The molecule has 0 amide bonds. The van der Waals surface area contributed by atoms with E-state index in [9.17, 15) is 4.79 Å². The lowest BCUT2D eigenvalue weighted by atomic mass is 10.1. The van der Waals surface area contributed by atoms with Gasteiger partial charge in [-0.1, -0.05) is 6.07 Å². The van der Waals surface area contributed by atoms with E-state index >= 15 is 0 Å². The Morgan fingerprint density at radius 1 is 1.48 bits per heavy atom. The number of morpholine rings is 1. The predicted molar refractivity (Wildman–Crippen MR) is 77.9 cm³/mol. The Balaban J connectivity index is 2.13. The molecular weight excluding hydrogens is 272 g/mol. The van der Waals surface area contributed by atoms with E-state index in [2.05, 4.69) is 4.90 Å². The second-order valence-corrected chi connectivity index (χ2v) is 4.93. The van der Waals surface area contributed by atoms with E-state index in [0.717, 1.165) is 16.9 Å². The van der Waals surface area contributed by atoms with Gasteiger partial charge in [0.15, 0.2) is 0 Å². The van der Waals surface area contributed by atoms with Crippen LogP contribution in [0.25, 0.3) is 0 Å². The molecule has 2 N–H and O–H groups in total. The average Bonchev–Trinajstić information content (AvgIpc) is 2.54. The highest BCUT2D eigenvalue weighted by molar-refractivity contribution is 5.75. The van der Waals surface area contributed by atoms with Crippen molar-refractivity contribution in [1.82, 2.24) is 4.90 Å². The van der Waals surface area contributed by atoms with Crippen molar-refractivity contribution in [3.8, 4) is 5.75 Å². The zero-order valence-corrected chi connectivity index (χ0v) is 12.5. The molecule has 0 radical (unpaired) electrons. The average molecular weight is 294 g/mol. The molecule has 0 bridgehead atoms. The van der Waals surface area contributed by atoms with Crippen molar-refractivity contribution < 1.29 is 19.0 Å². The minimum absolute atomic E-state index is 0.262. The van der Waals surface area contributed by atoms with Gasteiger partial charge in [-0.2, -0.15) is 0 Å². The number of nitrogens with zero attached hydrogens (tertiary/aromatic N) is 1. The molecular formula is C15H22N2O4. The molecule has 1 aromatic carbocycles. The van der Waals surface area contributed by atoms with Crippen LogP contribution < -0.4 is 10.5 Å². The van der Waals surface area contributed by atoms with Crippen molar-refractivity contribution in [1.29, 1.82) is 0 Å². The second kappa shape index (κ2) is 7.40. The van der Waals surface area contributed by atoms with Crippen molar-refractivity contribution >= 4 is 5.97 Å². The molecule has 1 aliphatic rings. The Labute approximate surface area is 124 Å². The monoisotopic (exact) mass is 294 g/mol. The quantitative estimate of drug-likeness (QED) is 0.799. The van der Waals surface area contributed by atoms with Gasteiger partial charge in [-0.15, -0.1) is 0 Å². The number of hydrogen-bond donors (Lipinski definition) is 1. The van der Waals surface area contributed by atoms with E-state index in [1.807, 2.05) is 18.2 Å². The van der Waals surface area contributed by atoms with Crippen LogP contribution in [-0.4, -0.2) is 50.9 Å². The summed E-state index contributed by atoms with van der Waals surface area (Å²) in [6.45, 7) is 2.75. The van der Waals surface area contributed by atoms with Crippen molar-refractivity contribution in [2.75, 3.05) is 34.0 Å². The number of benzene rings is 1. The van der Waals surface area contributed by atoms with E-state index in [1.165, 1.54) is 7.11 Å². The number of esters is 1. The van der Waals surface area contributed by atoms with Crippen molar-refractivity contribution in [3.63, 3.8) is 0 Å². The first kappa shape index (κ1) is 15.8. The molecule has 2 rings (SSSR count). The molecule has 0 spiro atoms. The molecule has 1 heterocycles. The normalized spacial score (nSPS) is 19.3. The topological polar surface area (TPSA) is 74.0 Å². The van der Waals surface area contributed by atoms with E-state index in [-0.39, 0.29) is 12.0 Å². The summed E-state index contributed by atoms with van der Waals surface area (Å²) >= 11 is 0. The van der Waals surface area contributed by atoms with Gasteiger partial charge in [0.05, 0.1) is 27.4 Å². The molecule has 6 heteroatoms. The molecule has 116 valence electrons. The minimum atomic E-state index is -0.354. The van der Waals surface area contributed by atoms with Gasteiger partial charge in [0.1, 0.15) is 11.8 Å². The van der Waals surface area contributed by atoms with Crippen LogP contribution in [-0.2, 0) is 27.4 Å². The molecule has 1 fully saturated rings. The molecule has 1 aliphatic heterocycles. The van der Waals surface area contributed by atoms with Crippen molar-refractivity contribution in [2.45, 2.75) is 19.1 Å². The number of rotatable bonds is 5. The van der Waals surface area contributed by atoms with Crippen LogP contribution in [0.3, 0.4) is 0 Å². The summed E-state index contributed by atoms with van der Waals surface area (Å²) in [6.07, 6.45) is 0. The molecule has 1 saturated heterocycles. The lowest BCUT2D eigenvalue weighted by Crippen LogP contribution is -2.49. The Morgan fingerprint density at radius 2 is 2.29 bits per heavy atom. The number of ether oxygens (including phenoxy) is 3. The van der Waals surface area contributed by atoms with Crippen LogP contribution >= 0.6 is 0 Å². The van der Waals surface area contributed by atoms with Gasteiger partial charge in [0.25, 0.3) is 0 Å². The smallest absolute Gasteiger partial charge is 0.325 e. The molecule has 6 nitrogen and oxygen atoms in total. The Morgan fingerprint density at radius 3 is 2.95 bits per heavy atom. The fourth-order valence-corrected chi connectivity index (χ4v) is 2.50. The van der Waals surface area contributed by atoms with Crippen LogP contribution in [0, 0.1) is 0 Å². The summed E-state index contributed by atoms with van der Waals surface area (Å²) in [6, 6.07) is 5.56. The molecule has 1 atom stereocenters. The fraction of sp³-hybridized carbons (Fsp3) is 0.533. The second-order valence-electron chi connectivity index (χ2n) is 4.93. The van der Waals surface area contributed by atoms with Gasteiger partial charge in [0.2, 0.25) is 0 Å². The van der Waals surface area contributed by atoms with E-state index < -0.39 is 0 Å². The van der Waals surface area contributed by atoms with Crippen LogP contribution in [0.15, 0.2) is 18.2 Å². The molecule has 1 aromatic rings. The molecule has 0 saturated carbocycles. The molecule has 0 aliphatic carbocycles. The summed E-state index contributed by atoms with van der Waals surface area (Å²) in [7, 11) is 3.03. The summed E-state index contributed by atoms with van der Waals surface area (Å²) in [4.78, 5) is 13.9. The van der Waals surface area contributed by atoms with Crippen molar-refractivity contribution in [2.24, 2.45) is 5.73 Å². The van der Waals surface area contributed by atoms with Gasteiger partial charge in [-0.05, 0) is 17.7 Å². The first-order valence-electron chi connectivity index (χ1n) is 6.95. The SMILES string of the molecule is COC(=O)C1COCCN1Cc1ccc(OC)c(CN)c1. The predicted octanol–water partition coefficient (Wildman–Crippen LogP) is 0.528. The lowest BCUT2D eigenvalue weighted by molar-refractivity contribution is -0.153. The van der Waals surface area contributed by atoms with Gasteiger partial charge in [-0.3, -0.25) is 9.69 Å². The van der Waals surface area contributed by atoms with Crippen LogP contribution in [0.2, 0.25) is 0 Å². The number of carbonyl (C=O) groups is 1. The van der Waals surface area contributed by atoms with E-state index in [1.54, 1.807) is 7.11 Å². The number of carbonyl (C=O) groups excluding carboxylic acids is 1. The third-order valence-electron chi connectivity index (χ3n) is 3.66. The minimum Gasteiger partial charge on any atom is -0.496 e. The van der Waals surface area contributed by atoms with Gasteiger partial charge in [0, 0.05) is 25.2 Å². The summed E-state index contributed by atoms with van der Waals surface area (Å²) in [5, 5.41) is 0. The van der Waals surface area contributed by atoms with Crippen LogP contribution in [0.5, 0.6) is 5.75 Å².